The summed E-state index contributed by atoms with van der Waals surface area (Å²) in [4.78, 5) is 23.6. The molecule has 2 rings (SSSR count). The Morgan fingerprint density at radius 2 is 2.12 bits per heavy atom. The minimum Gasteiger partial charge on any atom is -0.434 e. The fraction of sp³-hybridized carbons (Fsp3) is 0.529. The maximum atomic E-state index is 12.6. The monoisotopic (exact) mass is 369 g/mol. The number of methoxy groups -OCH3 is 1. The summed E-state index contributed by atoms with van der Waals surface area (Å²) in [6.07, 6.45) is 0.292. The van der Waals surface area contributed by atoms with Gasteiger partial charge in [-0.3, -0.25) is 4.79 Å². The Morgan fingerprint density at radius 1 is 1.40 bits per heavy atom. The molecule has 0 radical (unpaired) electrons. The fourth-order valence-electron chi connectivity index (χ4n) is 3.06. The number of halogens is 1. The molecule has 0 spiro atoms. The zero-order valence-electron chi connectivity index (χ0n) is 14.2. The summed E-state index contributed by atoms with van der Waals surface area (Å²) in [6, 6.07) is 7.54. The smallest absolute Gasteiger partial charge is 0.405 e. The van der Waals surface area contributed by atoms with E-state index in [1.165, 1.54) is 7.11 Å². The van der Waals surface area contributed by atoms with Crippen molar-refractivity contribution in [3.8, 4) is 0 Å². The van der Waals surface area contributed by atoms with Crippen molar-refractivity contribution in [1.82, 2.24) is 10.6 Å². The molecule has 25 heavy (non-hydrogen) atoms. The predicted octanol–water partition coefficient (Wildman–Crippen LogP) is 1.23. The van der Waals surface area contributed by atoms with Crippen LogP contribution in [-0.4, -0.2) is 50.4 Å². The van der Waals surface area contributed by atoms with Crippen LogP contribution in [0.1, 0.15) is 18.4 Å². The van der Waals surface area contributed by atoms with Crippen molar-refractivity contribution >= 4 is 23.6 Å². The van der Waals surface area contributed by atoms with Crippen molar-refractivity contribution in [3.63, 3.8) is 0 Å². The van der Waals surface area contributed by atoms with Gasteiger partial charge in [-0.25, -0.2) is 4.79 Å². The number of benzene rings is 1. The number of amides is 2. The van der Waals surface area contributed by atoms with E-state index in [1.54, 1.807) is 0 Å². The lowest BCUT2D eigenvalue weighted by atomic mass is 9.83. The molecule has 2 atom stereocenters. The van der Waals surface area contributed by atoms with Crippen molar-refractivity contribution in [2.75, 3.05) is 26.8 Å². The SMILES string of the molecule is COCC(OC(N)=O)C(=O)NC1(Cc2ccc(Cl)cc2)CCCNC1. The summed E-state index contributed by atoms with van der Waals surface area (Å²) in [5.41, 5.74) is 5.63. The topological polar surface area (TPSA) is 103 Å². The number of hydrogen-bond donors (Lipinski definition) is 3. The lowest BCUT2D eigenvalue weighted by molar-refractivity contribution is -0.134. The Bertz CT molecular complexity index is 588. The molecule has 1 aliphatic rings. The van der Waals surface area contributed by atoms with Gasteiger partial charge in [0.1, 0.15) is 0 Å². The third-order valence-electron chi connectivity index (χ3n) is 4.19. The maximum absolute atomic E-state index is 12.6. The fourth-order valence-corrected chi connectivity index (χ4v) is 3.19. The van der Waals surface area contributed by atoms with Gasteiger partial charge in [0.2, 0.25) is 6.10 Å². The van der Waals surface area contributed by atoms with Gasteiger partial charge in [-0.05, 0) is 43.5 Å². The summed E-state index contributed by atoms with van der Waals surface area (Å²) in [5.74, 6) is -0.418. The molecular formula is C17H24ClN3O4. The molecule has 0 bridgehead atoms. The van der Waals surface area contributed by atoms with Gasteiger partial charge >= 0.3 is 6.09 Å². The van der Waals surface area contributed by atoms with Crippen LogP contribution >= 0.6 is 11.6 Å². The van der Waals surface area contributed by atoms with Crippen LogP contribution in [0.4, 0.5) is 4.79 Å². The van der Waals surface area contributed by atoms with Crippen LogP contribution in [0.5, 0.6) is 0 Å². The molecule has 1 aromatic carbocycles. The van der Waals surface area contributed by atoms with Crippen molar-refractivity contribution in [3.05, 3.63) is 34.9 Å². The molecule has 8 heteroatoms. The van der Waals surface area contributed by atoms with Crippen molar-refractivity contribution in [2.24, 2.45) is 5.73 Å². The molecule has 0 aromatic heterocycles. The standard InChI is InChI=1S/C17H24ClN3O4/c1-24-10-14(25-16(19)23)15(22)21-17(7-2-8-20-11-17)9-12-3-5-13(18)6-4-12/h3-6,14,20H,2,7-11H2,1H3,(H2,19,23)(H,21,22). The molecule has 1 heterocycles. The van der Waals surface area contributed by atoms with E-state index in [-0.39, 0.29) is 6.61 Å². The van der Waals surface area contributed by atoms with E-state index < -0.39 is 23.6 Å². The van der Waals surface area contributed by atoms with Gasteiger partial charge in [-0.2, -0.15) is 0 Å². The predicted molar refractivity (Wildman–Crippen MR) is 94.5 cm³/mol. The van der Waals surface area contributed by atoms with Crippen molar-refractivity contribution in [1.29, 1.82) is 0 Å². The summed E-state index contributed by atoms with van der Waals surface area (Å²) >= 11 is 5.94. The molecule has 1 aliphatic heterocycles. The lowest BCUT2D eigenvalue weighted by Crippen LogP contribution is -2.61. The largest absolute Gasteiger partial charge is 0.434 e. The van der Waals surface area contributed by atoms with Crippen LogP contribution in [-0.2, 0) is 20.7 Å². The maximum Gasteiger partial charge on any atom is 0.405 e. The zero-order valence-corrected chi connectivity index (χ0v) is 15.0. The van der Waals surface area contributed by atoms with Gasteiger partial charge in [-0.1, -0.05) is 23.7 Å². The van der Waals surface area contributed by atoms with Crippen molar-refractivity contribution in [2.45, 2.75) is 30.9 Å². The molecule has 138 valence electrons. The molecule has 1 aromatic rings. The molecule has 7 nitrogen and oxygen atoms in total. The number of rotatable bonds is 7. The molecule has 1 saturated heterocycles. The summed E-state index contributed by atoms with van der Waals surface area (Å²) in [6.45, 7) is 1.47. The van der Waals surface area contributed by atoms with E-state index in [2.05, 4.69) is 10.6 Å². The van der Waals surface area contributed by atoms with Gasteiger partial charge in [0.05, 0.1) is 12.1 Å². The molecule has 2 amide bonds. The Balaban J connectivity index is 2.13. The van der Waals surface area contributed by atoms with Crippen LogP contribution in [0, 0.1) is 0 Å². The van der Waals surface area contributed by atoms with Crippen LogP contribution in [0.15, 0.2) is 24.3 Å². The number of piperidine rings is 1. The first kappa shape index (κ1) is 19.5. The van der Waals surface area contributed by atoms with Gasteiger partial charge < -0.3 is 25.8 Å². The Hall–Kier alpha value is -1.83. The molecule has 0 saturated carbocycles. The summed E-state index contributed by atoms with van der Waals surface area (Å²) < 4.78 is 9.82. The van der Waals surface area contributed by atoms with Gasteiger partial charge in [-0.15, -0.1) is 0 Å². The minimum absolute atomic E-state index is 0.0563. The van der Waals surface area contributed by atoms with Crippen LogP contribution in [0.3, 0.4) is 0 Å². The quantitative estimate of drug-likeness (QED) is 0.670. The first-order valence-electron chi connectivity index (χ1n) is 8.16. The second kappa shape index (κ2) is 9.03. The van der Waals surface area contributed by atoms with E-state index in [4.69, 9.17) is 26.8 Å². The van der Waals surface area contributed by atoms with Crippen molar-refractivity contribution < 1.29 is 19.1 Å². The number of ether oxygens (including phenoxy) is 2. The Labute approximate surface area is 152 Å². The Morgan fingerprint density at radius 3 is 2.68 bits per heavy atom. The summed E-state index contributed by atoms with van der Waals surface area (Å²) in [5, 5.41) is 7.02. The average molecular weight is 370 g/mol. The highest BCUT2D eigenvalue weighted by molar-refractivity contribution is 6.30. The third-order valence-corrected chi connectivity index (χ3v) is 4.44. The number of nitrogens with one attached hydrogen (secondary N) is 2. The first-order chi connectivity index (χ1) is 11.9. The second-order valence-corrected chi connectivity index (χ2v) is 6.67. The van der Waals surface area contributed by atoms with Crippen LogP contribution < -0.4 is 16.4 Å². The Kier molecular flexibility index (Phi) is 7.04. The van der Waals surface area contributed by atoms with E-state index in [0.717, 1.165) is 24.9 Å². The first-order valence-corrected chi connectivity index (χ1v) is 8.54. The molecule has 4 N–H and O–H groups in total. The van der Waals surface area contributed by atoms with E-state index in [0.29, 0.717) is 18.0 Å². The second-order valence-electron chi connectivity index (χ2n) is 6.23. The number of carbonyl (C=O) groups is 2. The molecule has 2 unspecified atom stereocenters. The van der Waals surface area contributed by atoms with Gasteiger partial charge in [0, 0.05) is 18.7 Å². The lowest BCUT2D eigenvalue weighted by Gasteiger charge is -2.39. The average Bonchev–Trinajstić information content (AvgIpc) is 2.57. The van der Waals surface area contributed by atoms with Gasteiger partial charge in [0.15, 0.2) is 0 Å². The summed E-state index contributed by atoms with van der Waals surface area (Å²) in [7, 11) is 1.43. The van der Waals surface area contributed by atoms with E-state index in [1.807, 2.05) is 24.3 Å². The van der Waals surface area contributed by atoms with Gasteiger partial charge in [0.25, 0.3) is 5.91 Å². The number of hydrogen-bond acceptors (Lipinski definition) is 5. The number of nitrogens with two attached hydrogens (primary N) is 1. The highest BCUT2D eigenvalue weighted by Crippen LogP contribution is 2.23. The molecule has 0 aliphatic carbocycles. The van der Waals surface area contributed by atoms with E-state index in [9.17, 15) is 9.59 Å². The molecular weight excluding hydrogens is 346 g/mol. The van der Waals surface area contributed by atoms with E-state index >= 15 is 0 Å². The number of primary amides is 1. The number of carbonyl (C=O) groups excluding carboxylic acids is 2. The van der Waals surface area contributed by atoms with Crippen LogP contribution in [0.2, 0.25) is 5.02 Å². The minimum atomic E-state index is -1.08. The molecule has 1 fully saturated rings. The highest BCUT2D eigenvalue weighted by Gasteiger charge is 2.36. The normalized spacial score (nSPS) is 21.4. The third kappa shape index (κ3) is 5.88. The van der Waals surface area contributed by atoms with Crippen LogP contribution in [0.25, 0.3) is 0 Å². The highest BCUT2D eigenvalue weighted by atomic mass is 35.5. The zero-order chi connectivity index (χ0) is 18.3.